The van der Waals surface area contributed by atoms with Gasteiger partial charge in [-0.05, 0) is 29.6 Å². The van der Waals surface area contributed by atoms with Crippen LogP contribution in [0.15, 0.2) is 35.6 Å². The van der Waals surface area contributed by atoms with Crippen molar-refractivity contribution in [3.63, 3.8) is 0 Å². The van der Waals surface area contributed by atoms with Gasteiger partial charge in [0.25, 0.3) is 0 Å². The molecule has 0 radical (unpaired) electrons. The molecule has 5 heteroatoms. The monoisotopic (exact) mass is 213 g/mol. The van der Waals surface area contributed by atoms with E-state index in [-0.39, 0.29) is 0 Å². The van der Waals surface area contributed by atoms with E-state index in [1.165, 1.54) is 0 Å². The summed E-state index contributed by atoms with van der Waals surface area (Å²) in [6, 6.07) is 6.07. The zero-order chi connectivity index (χ0) is 11.2. The Balaban J connectivity index is 2.05. The third kappa shape index (κ3) is 2.40. The fourth-order valence-electron chi connectivity index (χ4n) is 1.46. The number of hydrogen-bond donors (Lipinski definition) is 1. The molecule has 0 saturated heterocycles. The van der Waals surface area contributed by atoms with Gasteiger partial charge >= 0.3 is 0 Å². The Hall–Kier alpha value is -2.26. The number of aromatic amines is 1. The van der Waals surface area contributed by atoms with Crippen molar-refractivity contribution in [3.05, 3.63) is 46.5 Å². The zero-order valence-electron chi connectivity index (χ0n) is 8.67. The van der Waals surface area contributed by atoms with Crippen molar-refractivity contribution in [2.24, 2.45) is 5.11 Å². The molecule has 80 valence electrons. The maximum Gasteiger partial charge on any atom is 0.0650 e. The van der Waals surface area contributed by atoms with Crippen LogP contribution in [0.25, 0.3) is 27.4 Å². The normalized spacial score (nSPS) is 10.8. The lowest BCUT2D eigenvalue weighted by Crippen LogP contribution is -1.75. The van der Waals surface area contributed by atoms with Crippen molar-refractivity contribution in [1.82, 2.24) is 10.2 Å². The highest BCUT2D eigenvalue weighted by molar-refractivity contribution is 5.80. The highest BCUT2D eigenvalue weighted by atomic mass is 15.1. The summed E-state index contributed by atoms with van der Waals surface area (Å²) in [5.41, 5.74) is 10.3. The zero-order valence-corrected chi connectivity index (χ0v) is 8.67. The molecule has 16 heavy (non-hydrogen) atoms. The van der Waals surface area contributed by atoms with Crippen LogP contribution < -0.4 is 0 Å². The summed E-state index contributed by atoms with van der Waals surface area (Å²) >= 11 is 0. The fourth-order valence-corrected chi connectivity index (χ4v) is 1.46. The summed E-state index contributed by atoms with van der Waals surface area (Å²) in [7, 11) is 0. The van der Waals surface area contributed by atoms with Gasteiger partial charge in [0.1, 0.15) is 0 Å². The summed E-state index contributed by atoms with van der Waals surface area (Å²) < 4.78 is 0. The first-order valence-electron chi connectivity index (χ1n) is 5.00. The number of nitrogens with one attached hydrogen (secondary N) is 1. The maximum absolute atomic E-state index is 8.10. The third-order valence-corrected chi connectivity index (χ3v) is 2.23. The molecule has 0 unspecified atom stereocenters. The predicted molar refractivity (Wildman–Crippen MR) is 63.8 cm³/mol. The molecule has 1 heterocycles. The van der Waals surface area contributed by atoms with Gasteiger partial charge in [0, 0.05) is 16.8 Å². The molecule has 0 atom stereocenters. The molecule has 0 saturated carbocycles. The Labute approximate surface area is 92.4 Å². The molecular weight excluding hydrogens is 202 g/mol. The lowest BCUT2D eigenvalue weighted by Gasteiger charge is -1.93. The second-order valence-corrected chi connectivity index (χ2v) is 3.36. The van der Waals surface area contributed by atoms with Crippen LogP contribution in [0.2, 0.25) is 0 Å². The van der Waals surface area contributed by atoms with Crippen molar-refractivity contribution in [3.8, 4) is 0 Å². The molecule has 0 aliphatic rings. The molecule has 1 aromatic carbocycles. The SMILES string of the molecule is [N-]=[N+]=NCCC=Cc1ccc2[nH]ncc2c1. The van der Waals surface area contributed by atoms with E-state index in [9.17, 15) is 0 Å². The Morgan fingerprint density at radius 2 is 2.44 bits per heavy atom. The van der Waals surface area contributed by atoms with Crippen LogP contribution in [0.5, 0.6) is 0 Å². The van der Waals surface area contributed by atoms with Crippen LogP contribution in [0.1, 0.15) is 12.0 Å². The Morgan fingerprint density at radius 1 is 1.50 bits per heavy atom. The molecule has 0 fully saturated rings. The molecule has 0 aliphatic carbocycles. The number of aromatic nitrogens is 2. The highest BCUT2D eigenvalue weighted by Crippen LogP contribution is 2.13. The van der Waals surface area contributed by atoms with E-state index in [1.807, 2.05) is 24.3 Å². The van der Waals surface area contributed by atoms with E-state index in [4.69, 9.17) is 5.53 Å². The van der Waals surface area contributed by atoms with E-state index in [0.29, 0.717) is 6.54 Å². The second kappa shape index (κ2) is 5.00. The molecule has 1 aromatic heterocycles. The average molecular weight is 213 g/mol. The van der Waals surface area contributed by atoms with Gasteiger partial charge < -0.3 is 0 Å². The number of rotatable bonds is 4. The van der Waals surface area contributed by atoms with Gasteiger partial charge in [-0.3, -0.25) is 5.10 Å². The number of hydrogen-bond acceptors (Lipinski definition) is 2. The molecule has 0 amide bonds. The lowest BCUT2D eigenvalue weighted by atomic mass is 10.1. The van der Waals surface area contributed by atoms with Crippen molar-refractivity contribution in [2.45, 2.75) is 6.42 Å². The van der Waals surface area contributed by atoms with Crippen molar-refractivity contribution < 1.29 is 0 Å². The van der Waals surface area contributed by atoms with E-state index < -0.39 is 0 Å². The Kier molecular flexibility index (Phi) is 3.21. The van der Waals surface area contributed by atoms with Crippen LogP contribution in [0.3, 0.4) is 0 Å². The highest BCUT2D eigenvalue weighted by Gasteiger charge is 1.94. The van der Waals surface area contributed by atoms with Crippen LogP contribution >= 0.6 is 0 Å². The Morgan fingerprint density at radius 3 is 3.31 bits per heavy atom. The quantitative estimate of drug-likeness (QED) is 0.359. The maximum atomic E-state index is 8.10. The van der Waals surface area contributed by atoms with E-state index in [0.717, 1.165) is 22.9 Å². The van der Waals surface area contributed by atoms with Gasteiger partial charge in [-0.15, -0.1) is 0 Å². The van der Waals surface area contributed by atoms with Gasteiger partial charge in [-0.2, -0.15) is 5.10 Å². The predicted octanol–water partition coefficient (Wildman–Crippen LogP) is 3.28. The van der Waals surface area contributed by atoms with Crippen LogP contribution in [-0.2, 0) is 0 Å². The number of H-pyrrole nitrogens is 1. The standard InChI is InChI=1S/C11H11N5/c12-16-13-6-2-1-3-9-4-5-11-10(7-9)8-14-15-11/h1,3-5,7-8H,2,6H2,(H,14,15). The summed E-state index contributed by atoms with van der Waals surface area (Å²) in [5.74, 6) is 0. The molecule has 1 N–H and O–H groups in total. The molecule has 0 spiro atoms. The number of azide groups is 1. The van der Waals surface area contributed by atoms with Gasteiger partial charge in [0.05, 0.1) is 11.7 Å². The molecule has 0 aliphatic heterocycles. The Bertz CT molecular complexity index is 548. The fraction of sp³-hybridized carbons (Fsp3) is 0.182. The minimum atomic E-state index is 0.501. The van der Waals surface area contributed by atoms with Crippen molar-refractivity contribution >= 4 is 17.0 Å². The minimum absolute atomic E-state index is 0.501. The summed E-state index contributed by atoms with van der Waals surface area (Å²) in [6.07, 6.45) is 6.56. The first-order valence-corrected chi connectivity index (χ1v) is 5.00. The van der Waals surface area contributed by atoms with Gasteiger partial charge in [-0.1, -0.05) is 23.3 Å². The number of nitrogens with zero attached hydrogens (tertiary/aromatic N) is 4. The lowest BCUT2D eigenvalue weighted by molar-refractivity contribution is 0.996. The molecule has 5 nitrogen and oxygen atoms in total. The molecule has 0 bridgehead atoms. The third-order valence-electron chi connectivity index (χ3n) is 2.23. The molecular formula is C11H11N5. The largest absolute Gasteiger partial charge is 0.278 e. The van der Waals surface area contributed by atoms with Crippen LogP contribution in [0, 0.1) is 0 Å². The van der Waals surface area contributed by atoms with E-state index >= 15 is 0 Å². The molecule has 2 rings (SSSR count). The van der Waals surface area contributed by atoms with E-state index in [2.05, 4.69) is 26.3 Å². The summed E-state index contributed by atoms with van der Waals surface area (Å²) in [6.45, 7) is 0.501. The van der Waals surface area contributed by atoms with Crippen molar-refractivity contribution in [2.75, 3.05) is 6.54 Å². The molecule has 2 aromatic rings. The van der Waals surface area contributed by atoms with E-state index in [1.54, 1.807) is 6.20 Å². The first-order chi connectivity index (χ1) is 7.90. The summed E-state index contributed by atoms with van der Waals surface area (Å²) in [4.78, 5) is 2.69. The average Bonchev–Trinajstić information content (AvgIpc) is 2.76. The smallest absolute Gasteiger partial charge is 0.0650 e. The number of benzene rings is 1. The number of fused-ring (bicyclic) bond motifs is 1. The van der Waals surface area contributed by atoms with Gasteiger partial charge in [-0.25, -0.2) is 0 Å². The summed E-state index contributed by atoms with van der Waals surface area (Å²) in [5, 5.41) is 11.4. The van der Waals surface area contributed by atoms with Crippen LogP contribution in [0.4, 0.5) is 0 Å². The minimum Gasteiger partial charge on any atom is -0.278 e. The van der Waals surface area contributed by atoms with Crippen LogP contribution in [-0.4, -0.2) is 16.7 Å². The first kappa shape index (κ1) is 10.3. The van der Waals surface area contributed by atoms with Crippen molar-refractivity contribution in [1.29, 1.82) is 0 Å². The topological polar surface area (TPSA) is 77.4 Å². The second-order valence-electron chi connectivity index (χ2n) is 3.36. The van der Waals surface area contributed by atoms with Gasteiger partial charge in [0.15, 0.2) is 0 Å². The van der Waals surface area contributed by atoms with Gasteiger partial charge in [0.2, 0.25) is 0 Å².